The standard InChI is InChI=1S/C14H20FN3O6/c1-14(2,3)24-13(21)17-6-10(19)12(20)8-4-7(15)5-9(11(8)16)18(22)23/h4-5,10,12,19-20H,6,16H2,1-3H3,(H,17,21). The van der Waals surface area contributed by atoms with Gasteiger partial charge in [-0.05, 0) is 26.8 Å². The van der Waals surface area contributed by atoms with Crippen molar-refractivity contribution in [2.24, 2.45) is 0 Å². The molecule has 0 bridgehead atoms. The Kier molecular flexibility index (Phi) is 6.04. The number of anilines is 1. The van der Waals surface area contributed by atoms with Gasteiger partial charge in [0.25, 0.3) is 5.69 Å². The number of hydrogen-bond acceptors (Lipinski definition) is 7. The number of hydrogen-bond donors (Lipinski definition) is 4. The molecule has 134 valence electrons. The number of nitrogens with two attached hydrogens (primary N) is 1. The number of carbonyl (C=O) groups is 1. The second-order valence-corrected chi connectivity index (χ2v) is 6.08. The van der Waals surface area contributed by atoms with Crippen LogP contribution in [0.2, 0.25) is 0 Å². The fourth-order valence-electron chi connectivity index (χ4n) is 1.84. The molecule has 0 aliphatic heterocycles. The third kappa shape index (κ3) is 5.32. The molecule has 2 atom stereocenters. The highest BCUT2D eigenvalue weighted by molar-refractivity contribution is 5.68. The van der Waals surface area contributed by atoms with E-state index >= 15 is 0 Å². The molecule has 0 aliphatic rings. The average molecular weight is 345 g/mol. The van der Waals surface area contributed by atoms with Crippen LogP contribution in [-0.4, -0.2) is 39.5 Å². The van der Waals surface area contributed by atoms with Crippen molar-refractivity contribution in [3.05, 3.63) is 33.6 Å². The van der Waals surface area contributed by atoms with Gasteiger partial charge in [-0.3, -0.25) is 10.1 Å². The molecule has 1 aromatic carbocycles. The fourth-order valence-corrected chi connectivity index (χ4v) is 1.84. The molecular weight excluding hydrogens is 325 g/mol. The van der Waals surface area contributed by atoms with Crippen molar-refractivity contribution in [2.45, 2.75) is 38.6 Å². The van der Waals surface area contributed by atoms with Crippen molar-refractivity contribution in [3.8, 4) is 0 Å². The summed E-state index contributed by atoms with van der Waals surface area (Å²) in [6.45, 7) is 4.50. The Morgan fingerprint density at radius 2 is 2.04 bits per heavy atom. The summed E-state index contributed by atoms with van der Waals surface area (Å²) >= 11 is 0. The van der Waals surface area contributed by atoms with E-state index in [1.54, 1.807) is 20.8 Å². The highest BCUT2D eigenvalue weighted by atomic mass is 19.1. The van der Waals surface area contributed by atoms with E-state index in [0.717, 1.165) is 6.07 Å². The van der Waals surface area contributed by atoms with Crippen molar-refractivity contribution in [2.75, 3.05) is 12.3 Å². The van der Waals surface area contributed by atoms with Crippen molar-refractivity contribution < 1.29 is 29.1 Å². The topological polar surface area (TPSA) is 148 Å². The normalized spacial score (nSPS) is 13.9. The Balaban J connectivity index is 2.85. The molecule has 0 saturated carbocycles. The lowest BCUT2D eigenvalue weighted by atomic mass is 10.0. The molecule has 0 aliphatic carbocycles. The van der Waals surface area contributed by atoms with E-state index in [4.69, 9.17) is 10.5 Å². The Hall–Kier alpha value is -2.46. The molecule has 0 radical (unpaired) electrons. The summed E-state index contributed by atoms with van der Waals surface area (Å²) < 4.78 is 18.4. The SMILES string of the molecule is CC(C)(C)OC(=O)NCC(O)C(O)c1cc(F)cc([N+](=O)[O-])c1N. The van der Waals surface area contributed by atoms with Crippen LogP contribution < -0.4 is 11.1 Å². The summed E-state index contributed by atoms with van der Waals surface area (Å²) in [5, 5.41) is 33.0. The first kappa shape index (κ1) is 19.6. The predicted octanol–water partition coefficient (Wildman–Crippen LogP) is 1.24. The minimum absolute atomic E-state index is 0.347. The molecule has 10 heteroatoms. The molecule has 1 rings (SSSR count). The number of nitro benzene ring substituents is 1. The van der Waals surface area contributed by atoms with Gasteiger partial charge in [0.05, 0.1) is 11.0 Å². The van der Waals surface area contributed by atoms with E-state index in [2.05, 4.69) is 5.32 Å². The monoisotopic (exact) mass is 345 g/mol. The number of aliphatic hydroxyl groups is 2. The highest BCUT2D eigenvalue weighted by Crippen LogP contribution is 2.32. The number of alkyl carbamates (subject to hydrolysis) is 1. The van der Waals surface area contributed by atoms with Crippen LogP contribution in [0, 0.1) is 15.9 Å². The number of nitrogens with one attached hydrogen (secondary N) is 1. The van der Waals surface area contributed by atoms with Gasteiger partial charge in [-0.2, -0.15) is 0 Å². The van der Waals surface area contributed by atoms with E-state index < -0.39 is 52.6 Å². The lowest BCUT2D eigenvalue weighted by molar-refractivity contribution is -0.384. The van der Waals surface area contributed by atoms with Crippen molar-refractivity contribution in [3.63, 3.8) is 0 Å². The van der Waals surface area contributed by atoms with Crippen LogP contribution in [0.15, 0.2) is 12.1 Å². The van der Waals surface area contributed by atoms with Crippen LogP contribution in [0.4, 0.5) is 20.6 Å². The number of amides is 1. The van der Waals surface area contributed by atoms with Gasteiger partial charge in [-0.15, -0.1) is 0 Å². The number of carbonyl (C=O) groups excluding carboxylic acids is 1. The number of nitro groups is 1. The minimum atomic E-state index is -1.74. The van der Waals surface area contributed by atoms with Crippen LogP contribution in [0.1, 0.15) is 32.4 Å². The maximum Gasteiger partial charge on any atom is 0.407 e. The third-order valence-corrected chi connectivity index (χ3v) is 2.89. The number of rotatable bonds is 5. The summed E-state index contributed by atoms with van der Waals surface area (Å²) in [5.74, 6) is -0.989. The number of aliphatic hydroxyl groups excluding tert-OH is 2. The van der Waals surface area contributed by atoms with Crippen molar-refractivity contribution in [1.82, 2.24) is 5.32 Å². The average Bonchev–Trinajstić information content (AvgIpc) is 2.44. The van der Waals surface area contributed by atoms with Gasteiger partial charge in [0.15, 0.2) is 0 Å². The Bertz CT molecular complexity index is 632. The quantitative estimate of drug-likeness (QED) is 0.356. The number of nitrogens with zero attached hydrogens (tertiary/aromatic N) is 1. The highest BCUT2D eigenvalue weighted by Gasteiger charge is 2.27. The minimum Gasteiger partial charge on any atom is -0.444 e. The van der Waals surface area contributed by atoms with Crippen LogP contribution in [0.5, 0.6) is 0 Å². The second kappa shape index (κ2) is 7.41. The molecule has 5 N–H and O–H groups in total. The van der Waals surface area contributed by atoms with E-state index in [0.29, 0.717) is 6.07 Å². The van der Waals surface area contributed by atoms with Crippen LogP contribution in [0.3, 0.4) is 0 Å². The Labute approximate surface area is 137 Å². The second-order valence-electron chi connectivity index (χ2n) is 6.08. The van der Waals surface area contributed by atoms with E-state index in [1.165, 1.54) is 0 Å². The zero-order chi connectivity index (χ0) is 18.7. The molecule has 9 nitrogen and oxygen atoms in total. The largest absolute Gasteiger partial charge is 0.444 e. The predicted molar refractivity (Wildman–Crippen MR) is 82.7 cm³/mol. The fraction of sp³-hybridized carbons (Fsp3) is 0.500. The maximum atomic E-state index is 13.4. The first-order chi connectivity index (χ1) is 10.9. The molecule has 0 saturated heterocycles. The third-order valence-electron chi connectivity index (χ3n) is 2.89. The molecule has 1 amide bonds. The van der Waals surface area contributed by atoms with Crippen LogP contribution >= 0.6 is 0 Å². The van der Waals surface area contributed by atoms with Gasteiger partial charge in [-0.25, -0.2) is 9.18 Å². The summed E-state index contributed by atoms with van der Waals surface area (Å²) in [6, 6.07) is 1.39. The van der Waals surface area contributed by atoms with Gasteiger partial charge in [0.1, 0.15) is 29.3 Å². The van der Waals surface area contributed by atoms with Gasteiger partial charge < -0.3 is 26.0 Å². The number of nitrogen functional groups attached to an aromatic ring is 1. The molecule has 2 unspecified atom stereocenters. The van der Waals surface area contributed by atoms with Crippen molar-refractivity contribution in [1.29, 1.82) is 0 Å². The summed E-state index contributed by atoms with van der Waals surface area (Å²) in [6.07, 6.45) is -4.15. The maximum absolute atomic E-state index is 13.4. The lowest BCUT2D eigenvalue weighted by Crippen LogP contribution is -2.39. The number of benzene rings is 1. The van der Waals surface area contributed by atoms with Gasteiger partial charge in [0, 0.05) is 12.1 Å². The van der Waals surface area contributed by atoms with Gasteiger partial charge in [0.2, 0.25) is 0 Å². The molecule has 0 aromatic heterocycles. The summed E-state index contributed by atoms with van der Waals surface area (Å²) in [4.78, 5) is 21.4. The zero-order valence-electron chi connectivity index (χ0n) is 13.4. The smallest absolute Gasteiger partial charge is 0.407 e. The molecule has 0 fully saturated rings. The van der Waals surface area contributed by atoms with Gasteiger partial charge in [-0.1, -0.05) is 0 Å². The molecule has 0 spiro atoms. The Morgan fingerprint density at radius 3 is 2.54 bits per heavy atom. The molecule has 0 heterocycles. The van der Waals surface area contributed by atoms with Crippen molar-refractivity contribution >= 4 is 17.5 Å². The summed E-state index contributed by atoms with van der Waals surface area (Å²) in [7, 11) is 0. The molecule has 24 heavy (non-hydrogen) atoms. The van der Waals surface area contributed by atoms with E-state index in [9.17, 15) is 29.5 Å². The van der Waals surface area contributed by atoms with Crippen LogP contribution in [-0.2, 0) is 4.74 Å². The van der Waals surface area contributed by atoms with Crippen LogP contribution in [0.25, 0.3) is 0 Å². The number of ether oxygens (including phenoxy) is 1. The lowest BCUT2D eigenvalue weighted by Gasteiger charge is -2.22. The zero-order valence-corrected chi connectivity index (χ0v) is 13.4. The van der Waals surface area contributed by atoms with E-state index in [-0.39, 0.29) is 5.56 Å². The first-order valence-corrected chi connectivity index (χ1v) is 6.98. The number of halogens is 1. The summed E-state index contributed by atoms with van der Waals surface area (Å²) in [5.41, 5.74) is 3.25. The molecular formula is C14H20FN3O6. The van der Waals surface area contributed by atoms with Gasteiger partial charge >= 0.3 is 6.09 Å². The van der Waals surface area contributed by atoms with E-state index in [1.807, 2.05) is 0 Å². The first-order valence-electron chi connectivity index (χ1n) is 6.98. The molecule has 1 aromatic rings. The Morgan fingerprint density at radius 1 is 1.46 bits per heavy atom.